The van der Waals surface area contributed by atoms with Gasteiger partial charge in [0.2, 0.25) is 4.80 Å². The molecule has 1 amide bonds. The van der Waals surface area contributed by atoms with Crippen LogP contribution in [0.5, 0.6) is 5.75 Å². The number of amides is 1. The van der Waals surface area contributed by atoms with Crippen LogP contribution in [0.2, 0.25) is 5.02 Å². The number of carbonyl (C=O) groups is 1. The minimum atomic E-state index is -0.303. The molecule has 0 bridgehead atoms. The Labute approximate surface area is 166 Å². The SMILES string of the molecule is CCn1c(-c2ccc(Cl)cc2)cs/c1=N/NC(=O)COc1ccccc1C. The van der Waals surface area contributed by atoms with Gasteiger partial charge in [0.25, 0.3) is 5.91 Å². The zero-order chi connectivity index (χ0) is 19.2. The van der Waals surface area contributed by atoms with Gasteiger partial charge in [0.1, 0.15) is 5.75 Å². The number of ether oxygens (including phenoxy) is 1. The van der Waals surface area contributed by atoms with Gasteiger partial charge in [0.15, 0.2) is 6.61 Å². The van der Waals surface area contributed by atoms with Crippen LogP contribution < -0.4 is 15.0 Å². The maximum absolute atomic E-state index is 12.1. The van der Waals surface area contributed by atoms with Gasteiger partial charge in [-0.1, -0.05) is 41.9 Å². The van der Waals surface area contributed by atoms with E-state index < -0.39 is 0 Å². The minimum Gasteiger partial charge on any atom is -0.483 e. The summed E-state index contributed by atoms with van der Waals surface area (Å²) in [6.07, 6.45) is 0. The summed E-state index contributed by atoms with van der Waals surface area (Å²) in [4.78, 5) is 12.8. The lowest BCUT2D eigenvalue weighted by atomic mass is 10.2. The lowest BCUT2D eigenvalue weighted by Crippen LogP contribution is -2.28. The molecule has 0 radical (unpaired) electrons. The summed E-state index contributed by atoms with van der Waals surface area (Å²) in [6.45, 7) is 4.62. The first-order chi connectivity index (χ1) is 13.1. The van der Waals surface area contributed by atoms with E-state index in [4.69, 9.17) is 16.3 Å². The number of hydrogen-bond donors (Lipinski definition) is 1. The molecular formula is C20H20ClN3O2S. The van der Waals surface area contributed by atoms with Crippen molar-refractivity contribution in [1.29, 1.82) is 0 Å². The Morgan fingerprint density at radius 2 is 1.96 bits per heavy atom. The number of hydrogen-bond acceptors (Lipinski definition) is 4. The molecule has 1 heterocycles. The monoisotopic (exact) mass is 401 g/mol. The molecule has 27 heavy (non-hydrogen) atoms. The second-order valence-corrected chi connectivity index (χ2v) is 7.13. The van der Waals surface area contributed by atoms with Crippen molar-refractivity contribution >= 4 is 28.8 Å². The van der Waals surface area contributed by atoms with Gasteiger partial charge in [-0.05, 0) is 43.2 Å². The molecule has 0 aliphatic carbocycles. The maximum atomic E-state index is 12.1. The Balaban J connectivity index is 1.70. The topological polar surface area (TPSA) is 55.6 Å². The van der Waals surface area contributed by atoms with E-state index in [9.17, 15) is 4.79 Å². The summed E-state index contributed by atoms with van der Waals surface area (Å²) in [5, 5.41) is 6.96. The van der Waals surface area contributed by atoms with Gasteiger partial charge < -0.3 is 9.30 Å². The fourth-order valence-electron chi connectivity index (χ4n) is 2.58. The number of carbonyl (C=O) groups excluding carboxylic acids is 1. The zero-order valence-corrected chi connectivity index (χ0v) is 16.7. The second-order valence-electron chi connectivity index (χ2n) is 5.86. The zero-order valence-electron chi connectivity index (χ0n) is 15.1. The van der Waals surface area contributed by atoms with Gasteiger partial charge in [-0.3, -0.25) is 4.79 Å². The Bertz CT molecular complexity index is 993. The first-order valence-electron chi connectivity index (χ1n) is 8.53. The number of thiazole rings is 1. The summed E-state index contributed by atoms with van der Waals surface area (Å²) in [6, 6.07) is 15.2. The van der Waals surface area contributed by atoms with Crippen LogP contribution >= 0.6 is 22.9 Å². The third-order valence-electron chi connectivity index (χ3n) is 3.98. The Morgan fingerprint density at radius 3 is 2.67 bits per heavy atom. The van der Waals surface area contributed by atoms with Gasteiger partial charge >= 0.3 is 0 Å². The average molecular weight is 402 g/mol. The second kappa shape index (κ2) is 8.88. The summed E-state index contributed by atoms with van der Waals surface area (Å²) < 4.78 is 7.58. The highest BCUT2D eigenvalue weighted by molar-refractivity contribution is 7.07. The number of nitrogens with one attached hydrogen (secondary N) is 1. The number of halogens is 1. The Morgan fingerprint density at radius 1 is 1.22 bits per heavy atom. The maximum Gasteiger partial charge on any atom is 0.278 e. The van der Waals surface area contributed by atoms with Crippen LogP contribution in [0.3, 0.4) is 0 Å². The van der Waals surface area contributed by atoms with E-state index in [2.05, 4.69) is 10.5 Å². The molecule has 0 spiro atoms. The molecular weight excluding hydrogens is 382 g/mol. The first kappa shape index (κ1) is 19.2. The van der Waals surface area contributed by atoms with Crippen LogP contribution in [-0.4, -0.2) is 17.1 Å². The molecule has 1 aromatic heterocycles. The van der Waals surface area contributed by atoms with E-state index in [1.54, 1.807) is 0 Å². The molecule has 0 unspecified atom stereocenters. The Hall–Kier alpha value is -2.57. The van der Waals surface area contributed by atoms with Crippen LogP contribution in [0.15, 0.2) is 59.0 Å². The van der Waals surface area contributed by atoms with Crippen molar-refractivity contribution in [3.63, 3.8) is 0 Å². The van der Waals surface area contributed by atoms with Crippen molar-refractivity contribution in [3.8, 4) is 17.0 Å². The van der Waals surface area contributed by atoms with Crippen LogP contribution in [0.1, 0.15) is 12.5 Å². The van der Waals surface area contributed by atoms with Crippen molar-refractivity contribution in [2.24, 2.45) is 5.10 Å². The van der Waals surface area contributed by atoms with Gasteiger partial charge in [-0.15, -0.1) is 16.4 Å². The lowest BCUT2D eigenvalue weighted by Gasteiger charge is -2.08. The van der Waals surface area contributed by atoms with E-state index in [0.717, 1.165) is 23.4 Å². The molecule has 3 aromatic rings. The molecule has 0 saturated heterocycles. The highest BCUT2D eigenvalue weighted by atomic mass is 35.5. The highest BCUT2D eigenvalue weighted by Crippen LogP contribution is 2.22. The van der Waals surface area contributed by atoms with E-state index in [1.807, 2.05) is 72.3 Å². The van der Waals surface area contributed by atoms with Crippen LogP contribution in [-0.2, 0) is 11.3 Å². The van der Waals surface area contributed by atoms with Crippen molar-refractivity contribution < 1.29 is 9.53 Å². The van der Waals surface area contributed by atoms with Gasteiger partial charge in [-0.2, -0.15) is 0 Å². The fourth-order valence-corrected chi connectivity index (χ4v) is 3.64. The standard InChI is InChI=1S/C20H20ClN3O2S/c1-3-24-17(15-8-10-16(21)11-9-15)13-27-20(24)23-22-19(25)12-26-18-7-5-4-6-14(18)2/h4-11,13H,3,12H2,1-2H3,(H,22,25)/b23-20+. The third kappa shape index (κ3) is 4.78. The van der Waals surface area contributed by atoms with Crippen LogP contribution in [0.25, 0.3) is 11.3 Å². The van der Waals surface area contributed by atoms with Gasteiger partial charge in [0.05, 0.1) is 5.69 Å². The molecule has 140 valence electrons. The van der Waals surface area contributed by atoms with E-state index >= 15 is 0 Å². The van der Waals surface area contributed by atoms with Crippen molar-refractivity contribution in [2.75, 3.05) is 6.61 Å². The largest absolute Gasteiger partial charge is 0.483 e. The molecule has 3 rings (SSSR count). The highest BCUT2D eigenvalue weighted by Gasteiger charge is 2.08. The quantitative estimate of drug-likeness (QED) is 0.629. The number of benzene rings is 2. The number of rotatable bonds is 6. The predicted molar refractivity (Wildman–Crippen MR) is 109 cm³/mol. The fraction of sp³-hybridized carbons (Fsp3) is 0.200. The van der Waals surface area contributed by atoms with Crippen LogP contribution in [0, 0.1) is 6.92 Å². The molecule has 0 fully saturated rings. The summed E-state index contributed by atoms with van der Waals surface area (Å²) in [7, 11) is 0. The normalized spacial score (nSPS) is 11.4. The first-order valence-corrected chi connectivity index (χ1v) is 9.79. The number of para-hydroxylation sites is 1. The summed E-state index contributed by atoms with van der Waals surface area (Å²) in [5.41, 5.74) is 5.63. The van der Waals surface area contributed by atoms with Crippen LogP contribution in [0.4, 0.5) is 0 Å². The minimum absolute atomic E-state index is 0.0874. The van der Waals surface area contributed by atoms with Gasteiger partial charge in [-0.25, -0.2) is 5.43 Å². The lowest BCUT2D eigenvalue weighted by molar-refractivity contribution is -0.123. The predicted octanol–water partition coefficient (Wildman–Crippen LogP) is 4.21. The molecule has 0 aliphatic heterocycles. The number of aryl methyl sites for hydroxylation is 1. The van der Waals surface area contributed by atoms with Crippen molar-refractivity contribution in [1.82, 2.24) is 9.99 Å². The summed E-state index contributed by atoms with van der Waals surface area (Å²) >= 11 is 7.43. The van der Waals surface area contributed by atoms with E-state index in [0.29, 0.717) is 15.6 Å². The average Bonchev–Trinajstić information content (AvgIpc) is 3.09. The smallest absolute Gasteiger partial charge is 0.278 e. The molecule has 0 saturated carbocycles. The molecule has 0 aliphatic rings. The molecule has 2 aromatic carbocycles. The molecule has 5 nitrogen and oxygen atoms in total. The van der Waals surface area contributed by atoms with Crippen molar-refractivity contribution in [3.05, 3.63) is 69.3 Å². The van der Waals surface area contributed by atoms with E-state index in [-0.39, 0.29) is 12.5 Å². The van der Waals surface area contributed by atoms with Crippen molar-refractivity contribution in [2.45, 2.75) is 20.4 Å². The number of aromatic nitrogens is 1. The molecule has 1 N–H and O–H groups in total. The molecule has 0 atom stereocenters. The van der Waals surface area contributed by atoms with E-state index in [1.165, 1.54) is 11.3 Å². The number of nitrogens with zero attached hydrogens (tertiary/aromatic N) is 2. The van der Waals surface area contributed by atoms with Gasteiger partial charge in [0, 0.05) is 16.9 Å². The third-order valence-corrected chi connectivity index (χ3v) is 5.10. The summed E-state index contributed by atoms with van der Waals surface area (Å²) in [5.74, 6) is 0.389. The Kier molecular flexibility index (Phi) is 6.32. The molecule has 7 heteroatoms.